The van der Waals surface area contributed by atoms with E-state index in [1.54, 1.807) is 17.9 Å². The molecule has 20 heavy (non-hydrogen) atoms. The minimum absolute atomic E-state index is 0.0569. The molecule has 0 fully saturated rings. The topological polar surface area (TPSA) is 59.0 Å². The summed E-state index contributed by atoms with van der Waals surface area (Å²) in [6, 6.07) is 4.57. The molecule has 0 aliphatic rings. The van der Waals surface area contributed by atoms with Crippen LogP contribution in [0.3, 0.4) is 0 Å². The fourth-order valence-electron chi connectivity index (χ4n) is 1.89. The molecular weight excluding hydrogens is 272 g/mol. The van der Waals surface area contributed by atoms with Gasteiger partial charge in [0.2, 0.25) is 5.91 Å². The molecule has 1 amide bonds. The normalized spacial score (nSPS) is 12.2. The number of thiophene rings is 1. The lowest BCUT2D eigenvalue weighted by Gasteiger charge is -2.11. The van der Waals surface area contributed by atoms with Gasteiger partial charge in [0, 0.05) is 23.0 Å². The van der Waals surface area contributed by atoms with Crippen LogP contribution in [0.1, 0.15) is 29.6 Å². The van der Waals surface area contributed by atoms with E-state index in [-0.39, 0.29) is 18.5 Å². The second-order valence-electron chi connectivity index (χ2n) is 4.62. The van der Waals surface area contributed by atoms with Crippen molar-refractivity contribution in [3.63, 3.8) is 0 Å². The highest BCUT2D eigenvalue weighted by atomic mass is 32.1. The van der Waals surface area contributed by atoms with Gasteiger partial charge in [-0.05, 0) is 25.5 Å². The average molecular weight is 292 g/mol. The first-order valence-corrected chi connectivity index (χ1v) is 7.52. The van der Waals surface area contributed by atoms with Crippen molar-refractivity contribution in [3.05, 3.63) is 34.3 Å². The third-order valence-electron chi connectivity index (χ3n) is 3.06. The molecule has 0 aliphatic carbocycles. The van der Waals surface area contributed by atoms with Crippen LogP contribution in [0.5, 0.6) is 0 Å². The fourth-order valence-corrected chi connectivity index (χ4v) is 2.84. The van der Waals surface area contributed by atoms with E-state index >= 15 is 0 Å². The summed E-state index contributed by atoms with van der Waals surface area (Å²) in [4.78, 5) is 14.0. The number of hydrogen-bond donors (Lipinski definition) is 2. The van der Waals surface area contributed by atoms with Gasteiger partial charge in [-0.1, -0.05) is 6.92 Å². The smallest absolute Gasteiger partial charge is 0.241 e. The first-order chi connectivity index (χ1) is 9.62. The third kappa shape index (κ3) is 3.60. The van der Waals surface area contributed by atoms with Crippen molar-refractivity contribution < 1.29 is 4.79 Å². The Hall–Kier alpha value is -1.82. The van der Waals surface area contributed by atoms with Crippen LogP contribution < -0.4 is 10.6 Å². The van der Waals surface area contributed by atoms with Crippen LogP contribution in [0.4, 0.5) is 5.69 Å². The van der Waals surface area contributed by atoms with Crippen molar-refractivity contribution in [2.75, 3.05) is 12.4 Å². The number of aryl methyl sites for hydroxylation is 1. The van der Waals surface area contributed by atoms with E-state index in [0.29, 0.717) is 0 Å². The lowest BCUT2D eigenvalue weighted by molar-refractivity contribution is -0.121. The zero-order chi connectivity index (χ0) is 14.5. The predicted molar refractivity (Wildman–Crippen MR) is 82.0 cm³/mol. The first-order valence-electron chi connectivity index (χ1n) is 6.70. The zero-order valence-electron chi connectivity index (χ0n) is 12.0. The Morgan fingerprint density at radius 2 is 2.30 bits per heavy atom. The molecule has 0 spiro atoms. The Kier molecular flexibility index (Phi) is 4.79. The highest BCUT2D eigenvalue weighted by molar-refractivity contribution is 7.12. The van der Waals surface area contributed by atoms with Crippen molar-refractivity contribution >= 4 is 22.9 Å². The Balaban J connectivity index is 1.97. The lowest BCUT2D eigenvalue weighted by atomic mass is 10.2. The van der Waals surface area contributed by atoms with Crippen LogP contribution in [0.25, 0.3) is 0 Å². The molecule has 0 aliphatic heterocycles. The molecule has 1 atom stereocenters. The number of nitrogens with zero attached hydrogens (tertiary/aromatic N) is 2. The van der Waals surface area contributed by atoms with Crippen molar-refractivity contribution in [2.24, 2.45) is 0 Å². The van der Waals surface area contributed by atoms with Gasteiger partial charge in [0.1, 0.15) is 6.54 Å². The quantitative estimate of drug-likeness (QED) is 0.859. The molecule has 0 bridgehead atoms. The van der Waals surface area contributed by atoms with E-state index < -0.39 is 0 Å². The number of nitrogens with one attached hydrogen (secondary N) is 2. The van der Waals surface area contributed by atoms with Gasteiger partial charge in [0.15, 0.2) is 0 Å². The Morgan fingerprint density at radius 3 is 2.95 bits per heavy atom. The molecule has 0 saturated carbocycles. The van der Waals surface area contributed by atoms with E-state index in [0.717, 1.165) is 12.1 Å². The summed E-state index contributed by atoms with van der Waals surface area (Å²) in [6.45, 7) is 4.53. The summed E-state index contributed by atoms with van der Waals surface area (Å²) in [5.74, 6) is -0.0569. The summed E-state index contributed by atoms with van der Waals surface area (Å²) in [5, 5.41) is 10.2. The van der Waals surface area contributed by atoms with Gasteiger partial charge >= 0.3 is 0 Å². The standard InChI is InChI=1S/C14H20N4OS/c1-4-12-5-6-13(20-12)10(2)17-11-7-16-18(8-11)9-14(19)15-3/h5-8,10,17H,4,9H2,1-3H3,(H,15,19). The van der Waals surface area contributed by atoms with Crippen LogP contribution >= 0.6 is 11.3 Å². The SMILES string of the molecule is CCc1ccc(C(C)Nc2cnn(CC(=O)NC)c2)s1. The van der Waals surface area contributed by atoms with Crippen LogP contribution in [-0.2, 0) is 17.8 Å². The summed E-state index contributed by atoms with van der Waals surface area (Å²) in [7, 11) is 1.62. The van der Waals surface area contributed by atoms with Crippen molar-refractivity contribution in [2.45, 2.75) is 32.9 Å². The summed E-state index contributed by atoms with van der Waals surface area (Å²) in [5.41, 5.74) is 0.924. The van der Waals surface area contributed by atoms with E-state index in [1.165, 1.54) is 9.75 Å². The van der Waals surface area contributed by atoms with E-state index in [9.17, 15) is 4.79 Å². The van der Waals surface area contributed by atoms with E-state index in [4.69, 9.17) is 0 Å². The van der Waals surface area contributed by atoms with E-state index in [2.05, 4.69) is 41.7 Å². The van der Waals surface area contributed by atoms with Gasteiger partial charge in [0.25, 0.3) is 0 Å². The maximum Gasteiger partial charge on any atom is 0.241 e. The monoisotopic (exact) mass is 292 g/mol. The molecule has 2 aromatic rings. The van der Waals surface area contributed by atoms with Crippen molar-refractivity contribution in [1.82, 2.24) is 15.1 Å². The Labute approximate surface area is 123 Å². The van der Waals surface area contributed by atoms with Crippen molar-refractivity contribution in [1.29, 1.82) is 0 Å². The minimum atomic E-state index is -0.0569. The van der Waals surface area contributed by atoms with Gasteiger partial charge in [-0.3, -0.25) is 9.48 Å². The molecular formula is C14H20N4OS. The Morgan fingerprint density at radius 1 is 1.50 bits per heavy atom. The molecule has 2 rings (SSSR count). The van der Waals surface area contributed by atoms with Crippen LogP contribution in [0, 0.1) is 0 Å². The molecule has 0 radical (unpaired) electrons. The molecule has 108 valence electrons. The van der Waals surface area contributed by atoms with Gasteiger partial charge in [-0.25, -0.2) is 0 Å². The molecule has 6 heteroatoms. The largest absolute Gasteiger partial charge is 0.375 e. The van der Waals surface area contributed by atoms with E-state index in [1.807, 2.05) is 17.5 Å². The number of anilines is 1. The van der Waals surface area contributed by atoms with Gasteiger partial charge in [0.05, 0.1) is 17.9 Å². The molecule has 2 N–H and O–H groups in total. The van der Waals surface area contributed by atoms with Gasteiger partial charge in [-0.15, -0.1) is 11.3 Å². The number of aromatic nitrogens is 2. The number of rotatable bonds is 6. The fraction of sp³-hybridized carbons (Fsp3) is 0.429. The molecule has 2 heterocycles. The second-order valence-corrected chi connectivity index (χ2v) is 5.82. The number of likely N-dealkylation sites (N-methyl/N-ethyl adjacent to an activating group) is 1. The molecule has 1 unspecified atom stereocenters. The van der Waals surface area contributed by atoms with Crippen LogP contribution in [-0.4, -0.2) is 22.7 Å². The van der Waals surface area contributed by atoms with Gasteiger partial charge < -0.3 is 10.6 Å². The molecule has 0 saturated heterocycles. The molecule has 0 aromatic carbocycles. The van der Waals surface area contributed by atoms with Crippen LogP contribution in [0.2, 0.25) is 0 Å². The number of amides is 1. The third-order valence-corrected chi connectivity index (χ3v) is 4.47. The predicted octanol–water partition coefficient (Wildman–Crippen LogP) is 2.43. The number of carbonyl (C=O) groups excluding carboxylic acids is 1. The zero-order valence-corrected chi connectivity index (χ0v) is 12.8. The van der Waals surface area contributed by atoms with Crippen molar-refractivity contribution in [3.8, 4) is 0 Å². The first kappa shape index (κ1) is 14.6. The highest BCUT2D eigenvalue weighted by Crippen LogP contribution is 2.26. The van der Waals surface area contributed by atoms with Gasteiger partial charge in [-0.2, -0.15) is 5.10 Å². The maximum absolute atomic E-state index is 11.3. The Bertz CT molecular complexity index is 575. The number of carbonyl (C=O) groups is 1. The molecule has 2 aromatic heterocycles. The maximum atomic E-state index is 11.3. The lowest BCUT2D eigenvalue weighted by Crippen LogP contribution is -2.23. The highest BCUT2D eigenvalue weighted by Gasteiger charge is 2.10. The minimum Gasteiger partial charge on any atom is -0.375 e. The molecule has 5 nitrogen and oxygen atoms in total. The summed E-state index contributed by atoms with van der Waals surface area (Å²) in [6.07, 6.45) is 4.66. The average Bonchev–Trinajstić information content (AvgIpc) is 3.07. The summed E-state index contributed by atoms with van der Waals surface area (Å²) < 4.78 is 1.62. The second kappa shape index (κ2) is 6.56. The summed E-state index contributed by atoms with van der Waals surface area (Å²) >= 11 is 1.83. The van der Waals surface area contributed by atoms with Crippen LogP contribution in [0.15, 0.2) is 24.5 Å². The number of hydrogen-bond acceptors (Lipinski definition) is 4.